The van der Waals surface area contributed by atoms with E-state index in [0.29, 0.717) is 23.8 Å². The smallest absolute Gasteiger partial charge is 0.203 e. The second-order valence-corrected chi connectivity index (χ2v) is 8.54. The predicted molar refractivity (Wildman–Crippen MR) is 124 cm³/mol. The summed E-state index contributed by atoms with van der Waals surface area (Å²) < 4.78 is 16.5. The SMILES string of the molecule is CCNC(=NCc1cc(OC)c(OC)c(OC)c1)N1CCSC(C)(C)C1.I. The summed E-state index contributed by atoms with van der Waals surface area (Å²) in [6.07, 6.45) is 0. The fourth-order valence-electron chi connectivity index (χ4n) is 3.02. The van der Waals surface area contributed by atoms with Crippen molar-refractivity contribution in [2.24, 2.45) is 4.99 Å². The maximum absolute atomic E-state index is 5.44. The van der Waals surface area contributed by atoms with Crippen molar-refractivity contribution < 1.29 is 14.2 Å². The molecule has 0 unspecified atom stereocenters. The summed E-state index contributed by atoms with van der Waals surface area (Å²) in [5.74, 6) is 3.97. The first-order chi connectivity index (χ1) is 12.4. The predicted octanol–water partition coefficient (Wildman–Crippen LogP) is 3.62. The van der Waals surface area contributed by atoms with E-state index in [1.54, 1.807) is 21.3 Å². The minimum absolute atomic E-state index is 0. The lowest BCUT2D eigenvalue weighted by molar-refractivity contribution is 0.324. The Labute approximate surface area is 184 Å². The van der Waals surface area contributed by atoms with Gasteiger partial charge in [0, 0.05) is 30.1 Å². The van der Waals surface area contributed by atoms with Gasteiger partial charge in [-0.2, -0.15) is 11.8 Å². The molecule has 1 aliphatic heterocycles. The normalized spacial score (nSPS) is 16.4. The monoisotopic (exact) mass is 509 g/mol. The highest BCUT2D eigenvalue weighted by Gasteiger charge is 2.28. The van der Waals surface area contributed by atoms with E-state index in [1.807, 2.05) is 23.9 Å². The van der Waals surface area contributed by atoms with Crippen molar-refractivity contribution in [2.75, 3.05) is 46.7 Å². The quantitative estimate of drug-likeness (QED) is 0.359. The molecule has 0 aromatic heterocycles. The van der Waals surface area contributed by atoms with Crippen LogP contribution in [0.5, 0.6) is 17.2 Å². The number of hydrogen-bond acceptors (Lipinski definition) is 5. The third-order valence-corrected chi connectivity index (χ3v) is 5.49. The van der Waals surface area contributed by atoms with Crippen LogP contribution in [0.25, 0.3) is 0 Å². The summed E-state index contributed by atoms with van der Waals surface area (Å²) in [6.45, 7) is 10.0. The van der Waals surface area contributed by atoms with Crippen LogP contribution in [0, 0.1) is 0 Å². The van der Waals surface area contributed by atoms with Gasteiger partial charge in [0.25, 0.3) is 0 Å². The van der Waals surface area contributed by atoms with Gasteiger partial charge in [0.15, 0.2) is 17.5 Å². The third-order valence-electron chi connectivity index (χ3n) is 4.20. The van der Waals surface area contributed by atoms with Crippen LogP contribution < -0.4 is 19.5 Å². The van der Waals surface area contributed by atoms with Gasteiger partial charge in [-0.25, -0.2) is 4.99 Å². The molecule has 154 valence electrons. The minimum Gasteiger partial charge on any atom is -0.493 e. The van der Waals surface area contributed by atoms with E-state index in [-0.39, 0.29) is 28.7 Å². The van der Waals surface area contributed by atoms with Crippen molar-refractivity contribution in [3.63, 3.8) is 0 Å². The maximum atomic E-state index is 5.44. The van der Waals surface area contributed by atoms with Gasteiger partial charge < -0.3 is 24.4 Å². The molecule has 1 fully saturated rings. The van der Waals surface area contributed by atoms with E-state index in [1.165, 1.54) is 0 Å². The number of rotatable bonds is 6. The Balaban J connectivity index is 0.00000364. The van der Waals surface area contributed by atoms with Crippen molar-refractivity contribution in [1.29, 1.82) is 0 Å². The van der Waals surface area contributed by atoms with Gasteiger partial charge in [-0.1, -0.05) is 0 Å². The van der Waals surface area contributed by atoms with E-state index in [9.17, 15) is 0 Å². The molecule has 1 aromatic carbocycles. The fraction of sp³-hybridized carbons (Fsp3) is 0.632. The van der Waals surface area contributed by atoms with Crippen LogP contribution in [-0.4, -0.2) is 62.3 Å². The van der Waals surface area contributed by atoms with Crippen LogP contribution in [0.3, 0.4) is 0 Å². The summed E-state index contributed by atoms with van der Waals surface area (Å²) >= 11 is 2.02. The zero-order valence-corrected chi connectivity index (χ0v) is 20.3. The molecule has 1 aliphatic rings. The zero-order valence-electron chi connectivity index (χ0n) is 17.1. The second kappa shape index (κ2) is 11.1. The lowest BCUT2D eigenvalue weighted by atomic mass is 10.1. The van der Waals surface area contributed by atoms with Gasteiger partial charge in [0.1, 0.15) is 0 Å². The second-order valence-electron chi connectivity index (χ2n) is 6.73. The highest BCUT2D eigenvalue weighted by Crippen LogP contribution is 2.38. The number of nitrogens with one attached hydrogen (secondary N) is 1. The summed E-state index contributed by atoms with van der Waals surface area (Å²) in [4.78, 5) is 7.19. The van der Waals surface area contributed by atoms with E-state index in [4.69, 9.17) is 19.2 Å². The van der Waals surface area contributed by atoms with Gasteiger partial charge in [-0.3, -0.25) is 0 Å². The molecule has 1 aromatic rings. The number of halogens is 1. The average Bonchev–Trinajstić information content (AvgIpc) is 2.63. The first-order valence-corrected chi connectivity index (χ1v) is 9.88. The standard InChI is InChI=1S/C19H31N3O3S.HI/c1-7-20-18(22-8-9-26-19(2,3)13-22)21-12-14-10-15(23-4)17(25-6)16(11-14)24-5;/h10-11H,7-9,12-13H2,1-6H3,(H,20,21);1H. The molecule has 27 heavy (non-hydrogen) atoms. The van der Waals surface area contributed by atoms with Gasteiger partial charge in [-0.15, -0.1) is 24.0 Å². The number of methoxy groups -OCH3 is 3. The summed E-state index contributed by atoms with van der Waals surface area (Å²) in [7, 11) is 4.86. The van der Waals surface area contributed by atoms with E-state index < -0.39 is 0 Å². The molecule has 0 amide bonds. The Hall–Kier alpha value is -1.03. The molecule has 1 N–H and O–H groups in total. The molecule has 0 bridgehead atoms. The summed E-state index contributed by atoms with van der Waals surface area (Å²) in [5, 5.41) is 3.42. The van der Waals surface area contributed by atoms with Gasteiger partial charge in [0.05, 0.1) is 27.9 Å². The lowest BCUT2D eigenvalue weighted by Crippen LogP contribution is -2.50. The Kier molecular flexibility index (Phi) is 9.86. The number of aliphatic imine (C=N–C) groups is 1. The van der Waals surface area contributed by atoms with Crippen LogP contribution in [-0.2, 0) is 6.54 Å². The van der Waals surface area contributed by atoms with Gasteiger partial charge >= 0.3 is 0 Å². The third kappa shape index (κ3) is 6.51. The number of thioether (sulfide) groups is 1. The molecule has 0 aliphatic carbocycles. The number of guanidine groups is 1. The van der Waals surface area contributed by atoms with Crippen molar-refractivity contribution >= 4 is 41.7 Å². The Morgan fingerprint density at radius 2 is 1.81 bits per heavy atom. The first kappa shape index (κ1) is 24.0. The molecule has 8 heteroatoms. The topological polar surface area (TPSA) is 55.3 Å². The number of nitrogens with zero attached hydrogens (tertiary/aromatic N) is 2. The number of benzene rings is 1. The number of hydrogen-bond donors (Lipinski definition) is 1. The van der Waals surface area contributed by atoms with Crippen molar-refractivity contribution in [1.82, 2.24) is 10.2 Å². The Morgan fingerprint density at radius 3 is 2.30 bits per heavy atom. The Morgan fingerprint density at radius 1 is 1.19 bits per heavy atom. The van der Waals surface area contributed by atoms with Crippen molar-refractivity contribution in [3.8, 4) is 17.2 Å². The molecule has 6 nitrogen and oxygen atoms in total. The van der Waals surface area contributed by atoms with E-state index >= 15 is 0 Å². The average molecular weight is 509 g/mol. The minimum atomic E-state index is 0. The van der Waals surface area contributed by atoms with Crippen LogP contribution in [0.15, 0.2) is 17.1 Å². The molecule has 0 spiro atoms. The van der Waals surface area contributed by atoms with Crippen molar-refractivity contribution in [2.45, 2.75) is 32.1 Å². The molecule has 0 radical (unpaired) electrons. The Bertz CT molecular complexity index is 616. The van der Waals surface area contributed by atoms with Crippen LogP contribution in [0.1, 0.15) is 26.3 Å². The van der Waals surface area contributed by atoms with Gasteiger partial charge in [0.2, 0.25) is 5.75 Å². The fourth-order valence-corrected chi connectivity index (χ4v) is 4.13. The molecular weight excluding hydrogens is 477 g/mol. The maximum Gasteiger partial charge on any atom is 0.203 e. The molecule has 2 rings (SSSR count). The van der Waals surface area contributed by atoms with Crippen molar-refractivity contribution in [3.05, 3.63) is 17.7 Å². The molecule has 1 heterocycles. The van der Waals surface area contributed by atoms with Crippen LogP contribution in [0.2, 0.25) is 0 Å². The van der Waals surface area contributed by atoms with Crippen LogP contribution in [0.4, 0.5) is 0 Å². The van der Waals surface area contributed by atoms with E-state index in [2.05, 4.69) is 31.0 Å². The largest absolute Gasteiger partial charge is 0.493 e. The molecular formula is C19H32IN3O3S. The molecule has 0 atom stereocenters. The lowest BCUT2D eigenvalue weighted by Gasteiger charge is -2.39. The molecule has 0 saturated carbocycles. The highest BCUT2D eigenvalue weighted by atomic mass is 127. The zero-order chi connectivity index (χ0) is 19.2. The summed E-state index contributed by atoms with van der Waals surface area (Å²) in [5.41, 5.74) is 1.01. The molecule has 1 saturated heterocycles. The van der Waals surface area contributed by atoms with Gasteiger partial charge in [-0.05, 0) is 38.5 Å². The first-order valence-electron chi connectivity index (χ1n) is 8.90. The van der Waals surface area contributed by atoms with E-state index in [0.717, 1.165) is 36.9 Å². The van der Waals surface area contributed by atoms with Crippen LogP contribution >= 0.6 is 35.7 Å². The summed E-state index contributed by atoms with van der Waals surface area (Å²) in [6, 6.07) is 3.90. The highest BCUT2D eigenvalue weighted by molar-refractivity contribution is 14.0. The number of ether oxygens (including phenoxy) is 3.